The number of alkyl halides is 6. The molecule has 0 bridgehead atoms. The Bertz CT molecular complexity index is 1200. The van der Waals surface area contributed by atoms with Gasteiger partial charge in [0, 0.05) is 6.20 Å². The number of rotatable bonds is 4. The zero-order chi connectivity index (χ0) is 24.4. The average Bonchev–Trinajstić information content (AvgIpc) is 3.22. The number of amides is 2. The standard InChI is InChI=1S/C19H13F6N7O/c1-10(16-28-9-29-32(16)15-5-2-11(7-26)8-27-15)30-17(33)31-14-4-3-12(18(20,21)22)6-13(14)19(23,24)25/h2-6,8-10H,1H3,(H2,30,31,33)/t10-/m0/s1. The number of nitriles is 1. The van der Waals surface area contributed by atoms with Crippen LogP contribution in [0.1, 0.15) is 35.5 Å². The highest BCUT2D eigenvalue weighted by Crippen LogP contribution is 2.39. The van der Waals surface area contributed by atoms with E-state index in [2.05, 4.69) is 20.4 Å². The van der Waals surface area contributed by atoms with E-state index in [-0.39, 0.29) is 17.7 Å². The van der Waals surface area contributed by atoms with Gasteiger partial charge in [0.25, 0.3) is 0 Å². The zero-order valence-electron chi connectivity index (χ0n) is 16.5. The smallest absolute Gasteiger partial charge is 0.328 e. The Morgan fingerprint density at radius 3 is 2.39 bits per heavy atom. The molecule has 0 saturated carbocycles. The Morgan fingerprint density at radius 2 is 1.82 bits per heavy atom. The first-order valence-corrected chi connectivity index (χ1v) is 9.02. The molecule has 2 amide bonds. The molecule has 2 N–H and O–H groups in total. The molecule has 172 valence electrons. The molecule has 1 aromatic carbocycles. The second kappa shape index (κ2) is 8.77. The van der Waals surface area contributed by atoms with Crippen molar-refractivity contribution in [3.8, 4) is 11.9 Å². The third-order valence-corrected chi connectivity index (χ3v) is 4.30. The molecule has 14 heteroatoms. The summed E-state index contributed by atoms with van der Waals surface area (Å²) in [6.07, 6.45) is -7.69. The van der Waals surface area contributed by atoms with Crippen molar-refractivity contribution in [1.82, 2.24) is 25.1 Å². The van der Waals surface area contributed by atoms with Crippen molar-refractivity contribution in [2.45, 2.75) is 25.3 Å². The number of halogens is 6. The normalized spacial score (nSPS) is 12.7. The van der Waals surface area contributed by atoms with Gasteiger partial charge in [-0.15, -0.1) is 0 Å². The summed E-state index contributed by atoms with van der Waals surface area (Å²) in [6.45, 7) is 1.46. The minimum atomic E-state index is -5.14. The van der Waals surface area contributed by atoms with E-state index in [1.165, 1.54) is 29.9 Å². The first-order valence-electron chi connectivity index (χ1n) is 9.02. The largest absolute Gasteiger partial charge is 0.418 e. The van der Waals surface area contributed by atoms with Gasteiger partial charge in [-0.3, -0.25) is 0 Å². The molecule has 33 heavy (non-hydrogen) atoms. The molecule has 3 rings (SSSR count). The second-order valence-electron chi connectivity index (χ2n) is 6.62. The molecular weight excluding hydrogens is 456 g/mol. The molecule has 0 aliphatic rings. The molecule has 0 aliphatic carbocycles. The summed E-state index contributed by atoms with van der Waals surface area (Å²) >= 11 is 0. The fourth-order valence-corrected chi connectivity index (χ4v) is 2.78. The van der Waals surface area contributed by atoms with Crippen molar-refractivity contribution in [1.29, 1.82) is 5.26 Å². The van der Waals surface area contributed by atoms with Gasteiger partial charge in [-0.2, -0.15) is 41.4 Å². The summed E-state index contributed by atoms with van der Waals surface area (Å²) in [4.78, 5) is 20.3. The number of urea groups is 1. The maximum Gasteiger partial charge on any atom is 0.418 e. The highest BCUT2D eigenvalue weighted by Gasteiger charge is 2.38. The van der Waals surface area contributed by atoms with E-state index in [9.17, 15) is 31.1 Å². The lowest BCUT2D eigenvalue weighted by molar-refractivity contribution is -0.142. The van der Waals surface area contributed by atoms with Crippen LogP contribution in [0.4, 0.5) is 36.8 Å². The number of aromatic nitrogens is 4. The van der Waals surface area contributed by atoms with E-state index in [0.717, 1.165) is 6.33 Å². The number of hydrogen-bond donors (Lipinski definition) is 2. The quantitative estimate of drug-likeness (QED) is 0.549. The number of nitrogens with zero attached hydrogens (tertiary/aromatic N) is 5. The van der Waals surface area contributed by atoms with Gasteiger partial charge in [-0.25, -0.2) is 14.8 Å². The predicted molar refractivity (Wildman–Crippen MR) is 101 cm³/mol. The number of pyridine rings is 1. The van der Waals surface area contributed by atoms with Crippen LogP contribution in [0, 0.1) is 11.3 Å². The van der Waals surface area contributed by atoms with Crippen LogP contribution in [0.15, 0.2) is 42.9 Å². The summed E-state index contributed by atoms with van der Waals surface area (Å²) in [5, 5.41) is 17.1. The van der Waals surface area contributed by atoms with Crippen LogP contribution in [-0.2, 0) is 12.4 Å². The van der Waals surface area contributed by atoms with E-state index in [1.54, 1.807) is 0 Å². The average molecular weight is 469 g/mol. The van der Waals surface area contributed by atoms with Crippen LogP contribution in [0.3, 0.4) is 0 Å². The van der Waals surface area contributed by atoms with E-state index in [4.69, 9.17) is 5.26 Å². The maximum atomic E-state index is 13.3. The predicted octanol–water partition coefficient (Wildman–Crippen LogP) is 4.45. The van der Waals surface area contributed by atoms with Gasteiger partial charge in [0.1, 0.15) is 12.4 Å². The molecule has 1 atom stereocenters. The third kappa shape index (κ3) is 5.37. The molecule has 0 fully saturated rings. The van der Waals surface area contributed by atoms with E-state index in [1.807, 2.05) is 11.4 Å². The Labute approximate surface area is 181 Å². The van der Waals surface area contributed by atoms with Crippen LogP contribution in [-0.4, -0.2) is 25.8 Å². The minimum Gasteiger partial charge on any atom is -0.328 e. The molecule has 2 aromatic heterocycles. The van der Waals surface area contributed by atoms with E-state index in [0.29, 0.717) is 17.7 Å². The molecule has 3 aromatic rings. The minimum absolute atomic E-state index is 0.0771. The molecule has 0 saturated heterocycles. The van der Waals surface area contributed by atoms with Crippen molar-refractivity contribution in [3.05, 3.63) is 65.4 Å². The third-order valence-electron chi connectivity index (χ3n) is 4.30. The lowest BCUT2D eigenvalue weighted by atomic mass is 10.1. The van der Waals surface area contributed by atoms with Crippen LogP contribution in [0.2, 0.25) is 0 Å². The maximum absolute atomic E-state index is 13.3. The van der Waals surface area contributed by atoms with Gasteiger partial charge in [0.05, 0.1) is 28.4 Å². The summed E-state index contributed by atoms with van der Waals surface area (Å²) in [5.74, 6) is 0.420. The fraction of sp³-hybridized carbons (Fsp3) is 0.211. The summed E-state index contributed by atoms with van der Waals surface area (Å²) in [5.41, 5.74) is -3.71. The molecular formula is C19H13F6N7O. The molecule has 2 heterocycles. The second-order valence-corrected chi connectivity index (χ2v) is 6.62. The first kappa shape index (κ1) is 23.5. The van der Waals surface area contributed by atoms with Crippen molar-refractivity contribution >= 4 is 11.7 Å². The number of benzene rings is 1. The number of anilines is 1. The summed E-state index contributed by atoms with van der Waals surface area (Å²) < 4.78 is 79.4. The van der Waals surface area contributed by atoms with Crippen molar-refractivity contribution in [2.24, 2.45) is 0 Å². The van der Waals surface area contributed by atoms with Crippen molar-refractivity contribution in [3.63, 3.8) is 0 Å². The van der Waals surface area contributed by atoms with Gasteiger partial charge in [0.15, 0.2) is 11.6 Å². The van der Waals surface area contributed by atoms with Crippen LogP contribution >= 0.6 is 0 Å². The SMILES string of the molecule is C[C@H](NC(=O)Nc1ccc(C(F)(F)F)cc1C(F)(F)F)c1ncnn1-c1ccc(C#N)cn1. The van der Waals surface area contributed by atoms with Crippen LogP contribution < -0.4 is 10.6 Å². The number of carbonyl (C=O) groups is 1. The highest BCUT2D eigenvalue weighted by molar-refractivity contribution is 5.90. The lowest BCUT2D eigenvalue weighted by Gasteiger charge is -2.18. The molecule has 0 radical (unpaired) electrons. The van der Waals surface area contributed by atoms with Crippen LogP contribution in [0.5, 0.6) is 0 Å². The topological polar surface area (TPSA) is 109 Å². The Balaban J connectivity index is 1.80. The Morgan fingerprint density at radius 1 is 1.09 bits per heavy atom. The summed E-state index contributed by atoms with van der Waals surface area (Å²) in [7, 11) is 0. The summed E-state index contributed by atoms with van der Waals surface area (Å²) in [6, 6.07) is 3.72. The van der Waals surface area contributed by atoms with Gasteiger partial charge >= 0.3 is 18.4 Å². The van der Waals surface area contributed by atoms with E-state index >= 15 is 0 Å². The number of nitrogens with one attached hydrogen (secondary N) is 2. The Kier molecular flexibility index (Phi) is 6.25. The van der Waals surface area contributed by atoms with Crippen molar-refractivity contribution < 1.29 is 31.1 Å². The van der Waals surface area contributed by atoms with Crippen molar-refractivity contribution in [2.75, 3.05) is 5.32 Å². The lowest BCUT2D eigenvalue weighted by Crippen LogP contribution is -2.33. The monoisotopic (exact) mass is 469 g/mol. The Hall–Kier alpha value is -4.15. The van der Waals surface area contributed by atoms with Gasteiger partial charge in [0.2, 0.25) is 0 Å². The van der Waals surface area contributed by atoms with Gasteiger partial charge in [-0.1, -0.05) is 0 Å². The fourth-order valence-electron chi connectivity index (χ4n) is 2.78. The zero-order valence-corrected chi connectivity index (χ0v) is 16.5. The molecule has 0 spiro atoms. The number of hydrogen-bond acceptors (Lipinski definition) is 5. The first-order chi connectivity index (χ1) is 15.4. The van der Waals surface area contributed by atoms with Gasteiger partial charge < -0.3 is 10.6 Å². The van der Waals surface area contributed by atoms with Crippen LogP contribution in [0.25, 0.3) is 5.82 Å². The van der Waals surface area contributed by atoms with Gasteiger partial charge in [-0.05, 0) is 37.3 Å². The molecule has 0 aliphatic heterocycles. The number of carbonyl (C=O) groups excluding carboxylic acids is 1. The molecule has 0 unspecified atom stereocenters. The highest BCUT2D eigenvalue weighted by atomic mass is 19.4. The van der Waals surface area contributed by atoms with E-state index < -0.39 is 41.2 Å². The molecule has 8 nitrogen and oxygen atoms in total.